The largest absolute Gasteiger partial charge is 0.397 e. The minimum absolute atomic E-state index is 0.0979. The molecule has 0 aliphatic heterocycles. The maximum absolute atomic E-state index is 13.2. The second kappa shape index (κ2) is 12.8. The van der Waals surface area contributed by atoms with Gasteiger partial charge in [-0.2, -0.15) is 0 Å². The van der Waals surface area contributed by atoms with Crippen LogP contribution in [0.15, 0.2) is 84.2 Å². The van der Waals surface area contributed by atoms with Crippen molar-refractivity contribution in [2.45, 2.75) is 13.0 Å². The molecule has 40 heavy (non-hydrogen) atoms. The van der Waals surface area contributed by atoms with E-state index in [0.29, 0.717) is 33.3 Å². The standard InChI is InChI=1S/C30H30ClN5O3S/c1-19(29(38)33-23-11-9-22(31)10-12-23)36(28(37)18-35(2)3)24-13-6-20(7-14-24)30(39)34-26-17-21(8-15-25(26)32)27-5-4-16-40-27/h4-17,19H,18,32H2,1-3H3,(H,33,38)(H,34,39). The van der Waals surface area contributed by atoms with E-state index in [1.54, 1.807) is 91.9 Å². The quantitative estimate of drug-likeness (QED) is 0.218. The van der Waals surface area contributed by atoms with Crippen LogP contribution in [0.5, 0.6) is 0 Å². The van der Waals surface area contributed by atoms with E-state index in [1.165, 1.54) is 4.90 Å². The van der Waals surface area contributed by atoms with Crippen LogP contribution in [0.2, 0.25) is 5.02 Å². The van der Waals surface area contributed by atoms with Crippen LogP contribution in [0.1, 0.15) is 17.3 Å². The number of carbonyl (C=O) groups excluding carboxylic acids is 3. The Morgan fingerprint density at radius 2 is 1.65 bits per heavy atom. The van der Waals surface area contributed by atoms with Crippen molar-refractivity contribution in [2.75, 3.05) is 41.9 Å². The highest BCUT2D eigenvalue weighted by molar-refractivity contribution is 7.13. The third kappa shape index (κ3) is 7.06. The summed E-state index contributed by atoms with van der Waals surface area (Å²) in [5.41, 5.74) is 9.47. The highest BCUT2D eigenvalue weighted by atomic mass is 35.5. The molecule has 0 radical (unpaired) electrons. The van der Waals surface area contributed by atoms with Crippen molar-refractivity contribution in [2.24, 2.45) is 0 Å². The van der Waals surface area contributed by atoms with Gasteiger partial charge in [-0.15, -0.1) is 11.3 Å². The second-order valence-corrected chi connectivity index (χ2v) is 10.8. The van der Waals surface area contributed by atoms with E-state index in [-0.39, 0.29) is 24.3 Å². The zero-order valence-electron chi connectivity index (χ0n) is 22.4. The lowest BCUT2D eigenvalue weighted by Crippen LogP contribution is -2.48. The van der Waals surface area contributed by atoms with Crippen LogP contribution in [0.3, 0.4) is 0 Å². The summed E-state index contributed by atoms with van der Waals surface area (Å²) in [6.07, 6.45) is 0. The molecule has 1 unspecified atom stereocenters. The van der Waals surface area contributed by atoms with E-state index in [2.05, 4.69) is 10.6 Å². The van der Waals surface area contributed by atoms with E-state index in [1.807, 2.05) is 29.6 Å². The van der Waals surface area contributed by atoms with E-state index in [0.717, 1.165) is 10.4 Å². The minimum atomic E-state index is -0.831. The molecule has 0 aliphatic carbocycles. The normalized spacial score (nSPS) is 11.6. The Hall–Kier alpha value is -4.18. The van der Waals surface area contributed by atoms with Crippen molar-refractivity contribution in [3.8, 4) is 10.4 Å². The van der Waals surface area contributed by atoms with Gasteiger partial charge in [0, 0.05) is 26.8 Å². The van der Waals surface area contributed by atoms with Crippen LogP contribution >= 0.6 is 22.9 Å². The molecule has 4 aromatic rings. The van der Waals surface area contributed by atoms with Crippen LogP contribution in [0.25, 0.3) is 10.4 Å². The Labute approximate surface area is 242 Å². The molecule has 206 valence electrons. The summed E-state index contributed by atoms with van der Waals surface area (Å²) in [7, 11) is 3.56. The van der Waals surface area contributed by atoms with Gasteiger partial charge in [0.2, 0.25) is 11.8 Å². The van der Waals surface area contributed by atoms with Crippen molar-refractivity contribution in [3.63, 3.8) is 0 Å². The van der Waals surface area contributed by atoms with Crippen LogP contribution in [0.4, 0.5) is 22.7 Å². The topological polar surface area (TPSA) is 108 Å². The smallest absolute Gasteiger partial charge is 0.255 e. The molecule has 0 saturated heterocycles. The summed E-state index contributed by atoms with van der Waals surface area (Å²) < 4.78 is 0. The third-order valence-electron chi connectivity index (χ3n) is 6.11. The van der Waals surface area contributed by atoms with Gasteiger partial charge in [-0.3, -0.25) is 19.3 Å². The summed E-state index contributed by atoms with van der Waals surface area (Å²) in [4.78, 5) is 43.6. The first-order valence-corrected chi connectivity index (χ1v) is 13.8. The lowest BCUT2D eigenvalue weighted by molar-refractivity contribution is -0.123. The van der Waals surface area contributed by atoms with Gasteiger partial charge < -0.3 is 21.3 Å². The highest BCUT2D eigenvalue weighted by Crippen LogP contribution is 2.30. The lowest BCUT2D eigenvalue weighted by atomic mass is 10.1. The molecule has 0 saturated carbocycles. The SMILES string of the molecule is CC(C(=O)Nc1ccc(Cl)cc1)N(C(=O)CN(C)C)c1ccc(C(=O)Nc2cc(-c3cccs3)ccc2N)cc1. The van der Waals surface area contributed by atoms with E-state index in [9.17, 15) is 14.4 Å². The molecule has 10 heteroatoms. The second-order valence-electron chi connectivity index (χ2n) is 9.45. The van der Waals surface area contributed by atoms with Crippen molar-refractivity contribution in [1.82, 2.24) is 4.90 Å². The number of nitrogen functional groups attached to an aromatic ring is 1. The molecular formula is C30H30ClN5O3S. The molecule has 0 spiro atoms. The highest BCUT2D eigenvalue weighted by Gasteiger charge is 2.28. The molecule has 3 aromatic carbocycles. The third-order valence-corrected chi connectivity index (χ3v) is 7.28. The van der Waals surface area contributed by atoms with Gasteiger partial charge in [0.1, 0.15) is 6.04 Å². The van der Waals surface area contributed by atoms with Crippen LogP contribution < -0.4 is 21.3 Å². The van der Waals surface area contributed by atoms with Crippen molar-refractivity contribution in [3.05, 3.63) is 94.8 Å². The fourth-order valence-corrected chi connectivity index (χ4v) is 4.91. The molecular weight excluding hydrogens is 546 g/mol. The summed E-state index contributed by atoms with van der Waals surface area (Å²) >= 11 is 7.54. The van der Waals surface area contributed by atoms with Gasteiger partial charge >= 0.3 is 0 Å². The number of nitrogens with two attached hydrogens (primary N) is 1. The first kappa shape index (κ1) is 28.8. The van der Waals surface area contributed by atoms with E-state index in [4.69, 9.17) is 17.3 Å². The Bertz CT molecular complexity index is 1490. The zero-order chi connectivity index (χ0) is 28.8. The molecule has 0 fully saturated rings. The molecule has 4 rings (SSSR count). The number of benzene rings is 3. The first-order chi connectivity index (χ1) is 19.1. The summed E-state index contributed by atoms with van der Waals surface area (Å²) in [6.45, 7) is 1.75. The van der Waals surface area contributed by atoms with Gasteiger partial charge in [-0.05, 0) is 98.7 Å². The average Bonchev–Trinajstić information content (AvgIpc) is 3.46. The van der Waals surface area contributed by atoms with Gasteiger partial charge in [0.25, 0.3) is 5.91 Å². The Balaban J connectivity index is 1.53. The molecule has 3 amide bonds. The fourth-order valence-electron chi connectivity index (χ4n) is 4.06. The van der Waals surface area contributed by atoms with Crippen molar-refractivity contribution >= 4 is 63.4 Å². The minimum Gasteiger partial charge on any atom is -0.397 e. The maximum Gasteiger partial charge on any atom is 0.255 e. The van der Waals surface area contributed by atoms with Gasteiger partial charge in [-0.1, -0.05) is 23.7 Å². The molecule has 1 atom stereocenters. The number of halogens is 1. The summed E-state index contributed by atoms with van der Waals surface area (Å²) in [5, 5.41) is 8.24. The number of hydrogen-bond acceptors (Lipinski definition) is 6. The predicted molar refractivity (Wildman–Crippen MR) is 164 cm³/mol. The number of nitrogens with one attached hydrogen (secondary N) is 2. The molecule has 8 nitrogen and oxygen atoms in total. The average molecular weight is 576 g/mol. The predicted octanol–water partition coefficient (Wildman–Crippen LogP) is 5.82. The fraction of sp³-hybridized carbons (Fsp3) is 0.167. The molecule has 0 bridgehead atoms. The number of hydrogen-bond donors (Lipinski definition) is 3. The number of carbonyl (C=O) groups is 3. The van der Waals surface area contributed by atoms with Gasteiger partial charge in [-0.25, -0.2) is 0 Å². The Kier molecular flexibility index (Phi) is 9.21. The molecule has 1 heterocycles. The van der Waals surface area contributed by atoms with Gasteiger partial charge in [0.15, 0.2) is 0 Å². The lowest BCUT2D eigenvalue weighted by Gasteiger charge is -2.30. The first-order valence-electron chi connectivity index (χ1n) is 12.5. The summed E-state index contributed by atoms with van der Waals surface area (Å²) in [6, 6.07) is 21.9. The van der Waals surface area contributed by atoms with E-state index >= 15 is 0 Å². The van der Waals surface area contributed by atoms with Crippen molar-refractivity contribution in [1.29, 1.82) is 0 Å². The zero-order valence-corrected chi connectivity index (χ0v) is 23.9. The number of anilines is 4. The molecule has 4 N–H and O–H groups in total. The van der Waals surface area contributed by atoms with Crippen LogP contribution in [0, 0.1) is 0 Å². The number of nitrogens with zero attached hydrogens (tertiary/aromatic N) is 2. The van der Waals surface area contributed by atoms with Gasteiger partial charge in [0.05, 0.1) is 17.9 Å². The van der Waals surface area contributed by atoms with E-state index < -0.39 is 6.04 Å². The van der Waals surface area contributed by atoms with Crippen LogP contribution in [-0.4, -0.2) is 49.3 Å². The van der Waals surface area contributed by atoms with Crippen molar-refractivity contribution < 1.29 is 14.4 Å². The number of likely N-dealkylation sites (N-methyl/N-ethyl adjacent to an activating group) is 1. The number of amides is 3. The molecule has 1 aromatic heterocycles. The Morgan fingerprint density at radius 3 is 2.27 bits per heavy atom. The maximum atomic E-state index is 13.2. The summed E-state index contributed by atoms with van der Waals surface area (Å²) in [5.74, 6) is -0.974. The monoisotopic (exact) mass is 575 g/mol. The number of rotatable bonds is 9. The Morgan fingerprint density at radius 1 is 0.950 bits per heavy atom. The van der Waals surface area contributed by atoms with Crippen LogP contribution in [-0.2, 0) is 9.59 Å². The molecule has 0 aliphatic rings. The number of thiophene rings is 1.